The van der Waals surface area contributed by atoms with Crippen LogP contribution in [0.3, 0.4) is 0 Å². The Kier molecular flexibility index (Phi) is 3.83. The van der Waals surface area contributed by atoms with Crippen LogP contribution in [0, 0.1) is 5.92 Å². The topological polar surface area (TPSA) is 37.4 Å². The van der Waals surface area contributed by atoms with E-state index in [1.807, 2.05) is 12.3 Å². The van der Waals surface area contributed by atoms with Crippen molar-refractivity contribution >= 4 is 33.0 Å². The van der Waals surface area contributed by atoms with Crippen LogP contribution in [0.15, 0.2) is 15.7 Å². The molecule has 0 bridgehead atoms. The molecule has 3 nitrogen and oxygen atoms in total. The van der Waals surface area contributed by atoms with E-state index in [0.717, 1.165) is 12.0 Å². The molecule has 2 heterocycles. The fourth-order valence-electron chi connectivity index (χ4n) is 2.27. The summed E-state index contributed by atoms with van der Waals surface area (Å²) in [7, 11) is -3.32. The molecule has 0 radical (unpaired) electrons. The Hall–Kier alpha value is -0.100. The third-order valence-electron chi connectivity index (χ3n) is 3.07. The van der Waals surface area contributed by atoms with Crippen molar-refractivity contribution in [2.24, 2.45) is 5.92 Å². The van der Waals surface area contributed by atoms with E-state index < -0.39 is 10.0 Å². The highest BCUT2D eigenvalue weighted by molar-refractivity contribution is 7.91. The maximum absolute atomic E-state index is 12.4. The van der Waals surface area contributed by atoms with Crippen molar-refractivity contribution in [2.75, 3.05) is 6.54 Å². The molecule has 17 heavy (non-hydrogen) atoms. The van der Waals surface area contributed by atoms with E-state index in [-0.39, 0.29) is 6.04 Å². The summed E-state index contributed by atoms with van der Waals surface area (Å²) in [5, 5.41) is 1.81. The highest BCUT2D eigenvalue weighted by atomic mass is 35.5. The standard InChI is InChI=1S/C11H16ClNO2S2/c1-8-3-9(2)13(6-8)17(14,15)11-4-10(5-12)7-16-11/h4,7-9H,3,5-6H2,1-2H3. The fourth-order valence-corrected chi connectivity index (χ4v) is 5.61. The molecule has 0 amide bonds. The van der Waals surface area contributed by atoms with Gasteiger partial charge >= 0.3 is 0 Å². The van der Waals surface area contributed by atoms with Gasteiger partial charge in [-0.2, -0.15) is 4.31 Å². The monoisotopic (exact) mass is 293 g/mol. The van der Waals surface area contributed by atoms with Gasteiger partial charge in [-0.25, -0.2) is 8.42 Å². The van der Waals surface area contributed by atoms with E-state index in [4.69, 9.17) is 11.6 Å². The zero-order valence-electron chi connectivity index (χ0n) is 9.89. The lowest BCUT2D eigenvalue weighted by Gasteiger charge is -2.19. The van der Waals surface area contributed by atoms with Crippen LogP contribution in [-0.2, 0) is 15.9 Å². The molecular formula is C11H16ClNO2S2. The van der Waals surface area contributed by atoms with Gasteiger partial charge in [0.05, 0.1) is 0 Å². The number of nitrogens with zero attached hydrogens (tertiary/aromatic N) is 1. The summed E-state index contributed by atoms with van der Waals surface area (Å²) < 4.78 is 26.8. The van der Waals surface area contributed by atoms with Crippen LogP contribution in [0.25, 0.3) is 0 Å². The second-order valence-electron chi connectivity index (χ2n) is 4.67. The second kappa shape index (κ2) is 4.88. The highest BCUT2D eigenvalue weighted by Gasteiger charge is 2.36. The summed E-state index contributed by atoms with van der Waals surface area (Å²) in [5.74, 6) is 0.796. The van der Waals surface area contributed by atoms with Gasteiger partial charge < -0.3 is 0 Å². The molecule has 1 aromatic heterocycles. The average molecular weight is 294 g/mol. The Morgan fingerprint density at radius 3 is 2.71 bits per heavy atom. The van der Waals surface area contributed by atoms with Crippen molar-refractivity contribution in [3.63, 3.8) is 0 Å². The second-order valence-corrected chi connectivity index (χ2v) is 7.97. The first-order chi connectivity index (χ1) is 7.95. The lowest BCUT2D eigenvalue weighted by molar-refractivity contribution is 0.407. The Labute approximate surface area is 111 Å². The minimum absolute atomic E-state index is 0.0940. The molecule has 0 saturated carbocycles. The van der Waals surface area contributed by atoms with Gasteiger partial charge in [-0.05, 0) is 36.3 Å². The van der Waals surface area contributed by atoms with Crippen molar-refractivity contribution in [1.29, 1.82) is 0 Å². The molecule has 1 saturated heterocycles. The first kappa shape index (κ1) is 13.3. The molecule has 6 heteroatoms. The quantitative estimate of drug-likeness (QED) is 0.804. The molecule has 2 atom stereocenters. The molecular weight excluding hydrogens is 278 g/mol. The van der Waals surface area contributed by atoms with Gasteiger partial charge in [0.1, 0.15) is 4.21 Å². The third kappa shape index (κ3) is 2.52. The van der Waals surface area contributed by atoms with Crippen molar-refractivity contribution in [1.82, 2.24) is 4.31 Å². The molecule has 1 aromatic rings. The molecule has 0 aliphatic carbocycles. The fraction of sp³-hybridized carbons (Fsp3) is 0.636. The van der Waals surface area contributed by atoms with Crippen LogP contribution in [0.4, 0.5) is 0 Å². The summed E-state index contributed by atoms with van der Waals surface area (Å²) in [6.07, 6.45) is 0.937. The van der Waals surface area contributed by atoms with Gasteiger partial charge in [-0.15, -0.1) is 22.9 Å². The smallest absolute Gasteiger partial charge is 0.206 e. The normalized spacial score (nSPS) is 26.5. The number of rotatable bonds is 3. The SMILES string of the molecule is CC1CC(C)N(S(=O)(=O)c2cc(CCl)cs2)C1. The Morgan fingerprint density at radius 2 is 2.24 bits per heavy atom. The minimum atomic E-state index is -3.32. The number of alkyl halides is 1. The highest BCUT2D eigenvalue weighted by Crippen LogP contribution is 2.32. The van der Waals surface area contributed by atoms with Crippen LogP contribution >= 0.6 is 22.9 Å². The Balaban J connectivity index is 2.30. The minimum Gasteiger partial charge on any atom is -0.206 e. The van der Waals surface area contributed by atoms with E-state index in [9.17, 15) is 8.42 Å². The molecule has 96 valence electrons. The summed E-state index contributed by atoms with van der Waals surface area (Å²) >= 11 is 6.96. The van der Waals surface area contributed by atoms with E-state index in [1.54, 1.807) is 10.4 Å². The molecule has 0 spiro atoms. The maximum atomic E-state index is 12.4. The predicted molar refractivity (Wildman–Crippen MR) is 71.0 cm³/mol. The number of sulfonamides is 1. The van der Waals surface area contributed by atoms with Crippen LogP contribution in [-0.4, -0.2) is 25.3 Å². The summed E-state index contributed by atoms with van der Waals surface area (Å²) in [6.45, 7) is 4.68. The van der Waals surface area contributed by atoms with Crippen LogP contribution < -0.4 is 0 Å². The Morgan fingerprint density at radius 1 is 1.53 bits per heavy atom. The van der Waals surface area contributed by atoms with Gasteiger partial charge in [-0.3, -0.25) is 0 Å². The van der Waals surface area contributed by atoms with E-state index >= 15 is 0 Å². The summed E-state index contributed by atoms with van der Waals surface area (Å²) in [4.78, 5) is 0. The van der Waals surface area contributed by atoms with E-state index in [1.165, 1.54) is 11.3 Å². The lowest BCUT2D eigenvalue weighted by atomic mass is 10.1. The van der Waals surface area contributed by atoms with Gasteiger partial charge in [0.15, 0.2) is 0 Å². The van der Waals surface area contributed by atoms with Crippen LogP contribution in [0.2, 0.25) is 0 Å². The Bertz CT molecular complexity index is 497. The van der Waals surface area contributed by atoms with Crippen molar-refractivity contribution in [3.05, 3.63) is 17.0 Å². The van der Waals surface area contributed by atoms with Gasteiger partial charge in [0.2, 0.25) is 0 Å². The van der Waals surface area contributed by atoms with Crippen LogP contribution in [0.1, 0.15) is 25.8 Å². The van der Waals surface area contributed by atoms with Crippen molar-refractivity contribution < 1.29 is 8.42 Å². The van der Waals surface area contributed by atoms with Gasteiger partial charge in [0, 0.05) is 18.5 Å². The number of halogens is 1. The van der Waals surface area contributed by atoms with Gasteiger partial charge in [-0.1, -0.05) is 6.92 Å². The maximum Gasteiger partial charge on any atom is 0.252 e. The molecule has 1 aliphatic heterocycles. The molecule has 0 aromatic carbocycles. The number of hydrogen-bond acceptors (Lipinski definition) is 3. The predicted octanol–water partition coefficient (Wildman–Crippen LogP) is 2.91. The van der Waals surface area contributed by atoms with Gasteiger partial charge in [0.25, 0.3) is 10.0 Å². The van der Waals surface area contributed by atoms with Crippen molar-refractivity contribution in [2.45, 2.75) is 36.4 Å². The largest absolute Gasteiger partial charge is 0.252 e. The molecule has 2 unspecified atom stereocenters. The summed E-state index contributed by atoms with van der Waals surface area (Å²) in [5.41, 5.74) is 0.871. The van der Waals surface area contributed by atoms with E-state index in [2.05, 4.69) is 6.92 Å². The first-order valence-electron chi connectivity index (χ1n) is 5.60. The first-order valence-corrected chi connectivity index (χ1v) is 8.45. The van der Waals surface area contributed by atoms with Crippen molar-refractivity contribution in [3.8, 4) is 0 Å². The summed E-state index contributed by atoms with van der Waals surface area (Å²) in [6, 6.07) is 1.78. The molecule has 0 N–H and O–H groups in total. The molecule has 2 rings (SSSR count). The molecule has 1 aliphatic rings. The zero-order chi connectivity index (χ0) is 12.6. The average Bonchev–Trinajstić information content (AvgIpc) is 2.85. The number of hydrogen-bond donors (Lipinski definition) is 0. The molecule has 1 fully saturated rings. The lowest BCUT2D eigenvalue weighted by Crippen LogP contribution is -2.33. The third-order valence-corrected chi connectivity index (χ3v) is 6.83. The number of thiophene rings is 1. The van der Waals surface area contributed by atoms with E-state index in [0.29, 0.717) is 22.6 Å². The van der Waals surface area contributed by atoms with Crippen LogP contribution in [0.5, 0.6) is 0 Å². The zero-order valence-corrected chi connectivity index (χ0v) is 12.3.